The number of carbonyl (C=O) groups is 6. The molecule has 82 heavy (non-hydrogen) atoms. The van der Waals surface area contributed by atoms with Crippen LogP contribution >= 0.6 is 0 Å². The Hall–Kier alpha value is -6.04. The molecule has 2 aliphatic rings. The lowest BCUT2D eigenvalue weighted by Gasteiger charge is -2.36. The van der Waals surface area contributed by atoms with Crippen LogP contribution in [0.15, 0.2) is 130 Å². The number of carbonyl (C=O) groups excluding carboxylic acids is 6. The van der Waals surface area contributed by atoms with Crippen LogP contribution in [0.3, 0.4) is 0 Å². The second kappa shape index (κ2) is 36.5. The number of aliphatic hydroxyl groups excluding tert-OH is 10. The van der Waals surface area contributed by atoms with Crippen molar-refractivity contribution < 1.29 is 98.8 Å². The molecule has 458 valence electrons. The van der Waals surface area contributed by atoms with E-state index in [0.29, 0.717) is 11.1 Å². The lowest BCUT2D eigenvalue weighted by molar-refractivity contribution is -0.161. The van der Waals surface area contributed by atoms with Crippen LogP contribution in [-0.4, -0.2) is 174 Å². The molecule has 0 aromatic heterocycles. The molecule has 10 unspecified atom stereocenters. The SMILES string of the molecule is C/C=C(C)/C=C/C=C(C)/C=C/C1=C(C)C(=O)C(OC(=O)CCC(=O)OCC(O)C(O)C(O)C(O)CO)CC1(C)C.C/C=C/C=C(C)/C=C/C=C(C)/C=C/C1=C(C)C(=O)C(OC(=O)CCC(=O)OCC(O)C(O)C(O)C(O)CO)CC1(C)C. The Balaban J connectivity index is 0.000000821. The van der Waals surface area contributed by atoms with Crippen LogP contribution < -0.4 is 0 Å². The maximum absolute atomic E-state index is 13.0. The average molecular weight is 1160 g/mol. The summed E-state index contributed by atoms with van der Waals surface area (Å²) in [5.74, 6) is -3.89. The summed E-state index contributed by atoms with van der Waals surface area (Å²) in [5.41, 5.74) is 6.03. The lowest BCUT2D eigenvalue weighted by Crippen LogP contribution is -2.47. The van der Waals surface area contributed by atoms with Crippen LogP contribution in [0.25, 0.3) is 0 Å². The number of esters is 4. The van der Waals surface area contributed by atoms with E-state index < -0.39 is 135 Å². The number of Topliss-reactive ketones (excluding diaryl/α,β-unsaturated/α-hetero) is 2. The molecule has 20 heteroatoms. The molecule has 2 aliphatic carbocycles. The molecular formula is C62H90O20. The highest BCUT2D eigenvalue weighted by Crippen LogP contribution is 2.42. The van der Waals surface area contributed by atoms with Gasteiger partial charge in [0.25, 0.3) is 0 Å². The number of allylic oxidation sites excluding steroid dienone is 20. The van der Waals surface area contributed by atoms with Crippen molar-refractivity contribution in [3.63, 3.8) is 0 Å². The van der Waals surface area contributed by atoms with Gasteiger partial charge in [-0.2, -0.15) is 0 Å². The number of ketones is 2. The van der Waals surface area contributed by atoms with Crippen molar-refractivity contribution in [1.82, 2.24) is 0 Å². The summed E-state index contributed by atoms with van der Waals surface area (Å²) >= 11 is 0. The zero-order valence-corrected chi connectivity index (χ0v) is 49.5. The topological polar surface area (TPSA) is 342 Å². The quantitative estimate of drug-likeness (QED) is 0.0279. The van der Waals surface area contributed by atoms with E-state index in [1.165, 1.54) is 0 Å². The van der Waals surface area contributed by atoms with Crippen molar-refractivity contribution in [1.29, 1.82) is 0 Å². The fourth-order valence-electron chi connectivity index (χ4n) is 8.30. The molecule has 0 saturated heterocycles. The molecule has 10 atom stereocenters. The Morgan fingerprint density at radius 2 is 0.817 bits per heavy atom. The van der Waals surface area contributed by atoms with Crippen molar-refractivity contribution in [2.45, 2.75) is 183 Å². The monoisotopic (exact) mass is 1150 g/mol. The first-order valence-corrected chi connectivity index (χ1v) is 27.1. The molecule has 0 aliphatic heterocycles. The van der Waals surface area contributed by atoms with E-state index in [2.05, 4.69) is 0 Å². The molecule has 0 fully saturated rings. The van der Waals surface area contributed by atoms with Gasteiger partial charge in [-0.15, -0.1) is 0 Å². The average Bonchev–Trinajstić information content (AvgIpc) is 3.62. The van der Waals surface area contributed by atoms with Gasteiger partial charge in [0.1, 0.15) is 62.0 Å². The van der Waals surface area contributed by atoms with E-state index in [0.717, 1.165) is 33.4 Å². The van der Waals surface area contributed by atoms with Gasteiger partial charge in [-0.05, 0) is 88.5 Å². The Kier molecular flexibility index (Phi) is 32.9. The number of hydrogen-bond donors (Lipinski definition) is 10. The Bertz CT molecular complexity index is 2510. The van der Waals surface area contributed by atoms with Gasteiger partial charge in [-0.25, -0.2) is 0 Å². The van der Waals surface area contributed by atoms with E-state index in [-0.39, 0.29) is 37.2 Å². The van der Waals surface area contributed by atoms with E-state index in [4.69, 9.17) is 29.2 Å². The van der Waals surface area contributed by atoms with Gasteiger partial charge in [-0.3, -0.25) is 28.8 Å². The van der Waals surface area contributed by atoms with Crippen LogP contribution in [0.4, 0.5) is 0 Å². The van der Waals surface area contributed by atoms with Gasteiger partial charge in [0.2, 0.25) is 0 Å². The third-order valence-corrected chi connectivity index (χ3v) is 13.5. The first-order valence-electron chi connectivity index (χ1n) is 27.1. The molecule has 0 amide bonds. The third-order valence-electron chi connectivity index (χ3n) is 13.5. The zero-order valence-electron chi connectivity index (χ0n) is 49.5. The molecule has 0 bridgehead atoms. The number of aliphatic hydroxyl groups is 10. The summed E-state index contributed by atoms with van der Waals surface area (Å²) in [5, 5.41) is 94.6. The summed E-state index contributed by atoms with van der Waals surface area (Å²) < 4.78 is 20.4. The highest BCUT2D eigenvalue weighted by molar-refractivity contribution is 6.02. The third kappa shape index (κ3) is 25.6. The number of ether oxygens (including phenoxy) is 4. The summed E-state index contributed by atoms with van der Waals surface area (Å²) in [6.07, 6.45) is 10.2. The van der Waals surface area contributed by atoms with Gasteiger partial charge in [0.15, 0.2) is 23.8 Å². The second-order valence-electron chi connectivity index (χ2n) is 21.6. The Morgan fingerprint density at radius 1 is 0.500 bits per heavy atom. The fraction of sp³-hybridized carbons (Fsp3) is 0.548. The van der Waals surface area contributed by atoms with Crippen LogP contribution in [0.2, 0.25) is 0 Å². The minimum atomic E-state index is -1.88. The van der Waals surface area contributed by atoms with E-state index >= 15 is 0 Å². The molecule has 2 rings (SSSR count). The highest BCUT2D eigenvalue weighted by Gasteiger charge is 2.41. The van der Waals surface area contributed by atoms with Crippen LogP contribution in [0.5, 0.6) is 0 Å². The van der Waals surface area contributed by atoms with Crippen molar-refractivity contribution >= 4 is 35.4 Å². The largest absolute Gasteiger partial charge is 0.463 e. The molecule has 0 heterocycles. The van der Waals surface area contributed by atoms with E-state index in [1.54, 1.807) is 13.8 Å². The normalized spacial score (nSPS) is 21.3. The number of rotatable bonds is 29. The molecule has 10 N–H and O–H groups in total. The van der Waals surface area contributed by atoms with E-state index in [9.17, 15) is 69.6 Å². The maximum atomic E-state index is 13.0. The summed E-state index contributed by atoms with van der Waals surface area (Å²) in [6, 6.07) is 0. The van der Waals surface area contributed by atoms with Crippen molar-refractivity contribution in [3.8, 4) is 0 Å². The minimum Gasteiger partial charge on any atom is -0.463 e. The predicted molar refractivity (Wildman–Crippen MR) is 307 cm³/mol. The maximum Gasteiger partial charge on any atom is 0.307 e. The lowest BCUT2D eigenvalue weighted by atomic mass is 9.71. The molecule has 0 aromatic carbocycles. The number of hydrogen-bond acceptors (Lipinski definition) is 20. The highest BCUT2D eigenvalue weighted by atomic mass is 16.6. The van der Waals surface area contributed by atoms with Crippen LogP contribution in [-0.2, 0) is 47.7 Å². The van der Waals surface area contributed by atoms with Gasteiger partial charge in [0, 0.05) is 12.8 Å². The van der Waals surface area contributed by atoms with Gasteiger partial charge in [-0.1, -0.05) is 135 Å². The van der Waals surface area contributed by atoms with Crippen molar-refractivity contribution in [2.24, 2.45) is 10.8 Å². The van der Waals surface area contributed by atoms with Crippen LogP contribution in [0.1, 0.15) is 122 Å². The van der Waals surface area contributed by atoms with Crippen molar-refractivity contribution in [3.05, 3.63) is 130 Å². The molecule has 0 saturated carbocycles. The molecule has 0 radical (unpaired) electrons. The van der Waals surface area contributed by atoms with Gasteiger partial charge < -0.3 is 70.0 Å². The fourth-order valence-corrected chi connectivity index (χ4v) is 8.30. The molecular weight excluding hydrogens is 1060 g/mol. The first kappa shape index (κ1) is 74.0. The van der Waals surface area contributed by atoms with E-state index in [1.807, 2.05) is 154 Å². The minimum absolute atomic E-state index is 0.267. The van der Waals surface area contributed by atoms with Gasteiger partial charge >= 0.3 is 23.9 Å². The first-order chi connectivity index (χ1) is 38.3. The van der Waals surface area contributed by atoms with Gasteiger partial charge in [0.05, 0.1) is 38.9 Å². The second-order valence-corrected chi connectivity index (χ2v) is 21.6. The van der Waals surface area contributed by atoms with Crippen LogP contribution in [0, 0.1) is 10.8 Å². The molecule has 0 spiro atoms. The standard InChI is InChI=1S/C32H46O10.C30H44O10/c1-7-8-10-20(2)11-9-12-21(3)13-14-23-22(4)29(38)26(17-32(23,5)6)42-28(37)16-15-27(36)41-19-25(35)31(40)30(39)24(34)18-33;1-7-18(2)9-8-10-19(3)11-12-21-20(4)27(36)24(15-30(21,5)6)40-26(35)14-13-25(34)39-17-23(33)29(38)28(37)22(32)16-31/h7-14,24-26,30-31,33-35,39-40H,15-19H2,1-6H3;7-12,22-24,28-29,31-33,37-38H,13-17H2,1-6H3/b8-7+,11-9+,14-13+,20-10+,21-12+;9-8+,12-11+,18-7+,19-10+. The predicted octanol–water partition coefficient (Wildman–Crippen LogP) is 4.55. The smallest absolute Gasteiger partial charge is 0.307 e. The van der Waals surface area contributed by atoms with Crippen molar-refractivity contribution in [2.75, 3.05) is 26.4 Å². The molecule has 20 nitrogen and oxygen atoms in total. The summed E-state index contributed by atoms with van der Waals surface area (Å²) in [4.78, 5) is 74.8. The Morgan fingerprint density at radius 3 is 1.16 bits per heavy atom. The summed E-state index contributed by atoms with van der Waals surface area (Å²) in [7, 11) is 0. The molecule has 0 aromatic rings. The Labute approximate surface area is 482 Å². The summed E-state index contributed by atoms with van der Waals surface area (Å²) in [6.45, 7) is 20.0. The zero-order chi connectivity index (χ0) is 62.7.